The van der Waals surface area contributed by atoms with Gasteiger partial charge >= 0.3 is 0 Å². The second kappa shape index (κ2) is 7.91. The van der Waals surface area contributed by atoms with E-state index in [1.807, 2.05) is 13.8 Å². The van der Waals surface area contributed by atoms with Gasteiger partial charge in [0.25, 0.3) is 0 Å². The summed E-state index contributed by atoms with van der Waals surface area (Å²) in [5.74, 6) is 0.307. The van der Waals surface area contributed by atoms with Crippen LogP contribution in [0.2, 0.25) is 0 Å². The molecule has 152 valence electrons. The quantitative estimate of drug-likeness (QED) is 0.512. The molecule has 9 heteroatoms. The minimum atomic E-state index is -0.316. The van der Waals surface area contributed by atoms with Gasteiger partial charge in [0, 0.05) is 30.8 Å². The molecule has 1 amide bonds. The van der Waals surface area contributed by atoms with Crippen LogP contribution in [0.3, 0.4) is 0 Å². The van der Waals surface area contributed by atoms with Crippen molar-refractivity contribution in [3.63, 3.8) is 0 Å². The van der Waals surface area contributed by atoms with Gasteiger partial charge in [-0.05, 0) is 44.0 Å². The van der Waals surface area contributed by atoms with Gasteiger partial charge < -0.3 is 10.3 Å². The van der Waals surface area contributed by atoms with E-state index < -0.39 is 0 Å². The molecule has 0 aliphatic heterocycles. The van der Waals surface area contributed by atoms with Crippen molar-refractivity contribution in [3.05, 3.63) is 58.6 Å². The fourth-order valence-electron chi connectivity index (χ4n) is 3.55. The average Bonchev–Trinajstić information content (AvgIpc) is 3.30. The number of fused-ring (bicyclic) bond motifs is 2. The number of benzene rings is 1. The van der Waals surface area contributed by atoms with Gasteiger partial charge in [0.05, 0.1) is 17.2 Å². The second-order valence-corrected chi connectivity index (χ2v) is 7.11. The molecular formula is C21H20FN7O. The summed E-state index contributed by atoms with van der Waals surface area (Å²) in [6.07, 6.45) is 2.86. The molecule has 0 saturated heterocycles. The number of nitriles is 1. The van der Waals surface area contributed by atoms with Crippen molar-refractivity contribution in [3.8, 4) is 6.07 Å². The lowest BCUT2D eigenvalue weighted by atomic mass is 10.1. The van der Waals surface area contributed by atoms with Crippen LogP contribution in [0.1, 0.15) is 34.8 Å². The van der Waals surface area contributed by atoms with Crippen LogP contribution in [-0.4, -0.2) is 37.0 Å². The molecule has 0 spiro atoms. The number of carbonyl (C=O) groups excluding carboxylic acids is 1. The smallest absolute Gasteiger partial charge is 0.220 e. The van der Waals surface area contributed by atoms with Crippen molar-refractivity contribution in [2.75, 3.05) is 6.54 Å². The van der Waals surface area contributed by atoms with Gasteiger partial charge in [-0.3, -0.25) is 4.79 Å². The number of rotatable bonds is 6. The molecule has 0 aliphatic rings. The zero-order chi connectivity index (χ0) is 21.3. The first kappa shape index (κ1) is 19.5. The maximum atomic E-state index is 13.3. The first-order chi connectivity index (χ1) is 14.5. The first-order valence-electron chi connectivity index (χ1n) is 9.61. The molecule has 0 radical (unpaired) electrons. The Kier molecular flexibility index (Phi) is 5.14. The number of imidazole rings is 1. The maximum Gasteiger partial charge on any atom is 0.220 e. The number of aromatic amines is 1. The Bertz CT molecular complexity index is 1300. The van der Waals surface area contributed by atoms with Crippen molar-refractivity contribution in [2.24, 2.45) is 0 Å². The van der Waals surface area contributed by atoms with Crippen molar-refractivity contribution in [1.82, 2.24) is 29.9 Å². The van der Waals surface area contributed by atoms with Crippen LogP contribution < -0.4 is 5.32 Å². The fraction of sp³-hybridized carbons (Fsp3) is 0.286. The highest BCUT2D eigenvalue weighted by Crippen LogP contribution is 2.18. The van der Waals surface area contributed by atoms with Crippen molar-refractivity contribution < 1.29 is 9.18 Å². The Balaban J connectivity index is 1.35. The molecule has 0 atom stereocenters. The molecule has 30 heavy (non-hydrogen) atoms. The molecule has 3 heterocycles. The van der Waals surface area contributed by atoms with Crippen LogP contribution in [0, 0.1) is 31.0 Å². The number of halogens is 1. The fourth-order valence-corrected chi connectivity index (χ4v) is 3.55. The van der Waals surface area contributed by atoms with Gasteiger partial charge in [0.15, 0.2) is 5.65 Å². The first-order valence-corrected chi connectivity index (χ1v) is 9.61. The Morgan fingerprint density at radius 3 is 2.93 bits per heavy atom. The van der Waals surface area contributed by atoms with E-state index in [0.29, 0.717) is 53.9 Å². The molecule has 4 rings (SSSR count). The summed E-state index contributed by atoms with van der Waals surface area (Å²) < 4.78 is 14.9. The third-order valence-electron chi connectivity index (χ3n) is 5.11. The largest absolute Gasteiger partial charge is 0.356 e. The van der Waals surface area contributed by atoms with Crippen LogP contribution in [0.5, 0.6) is 0 Å². The highest BCUT2D eigenvalue weighted by atomic mass is 19.1. The lowest BCUT2D eigenvalue weighted by molar-refractivity contribution is -0.121. The van der Waals surface area contributed by atoms with E-state index >= 15 is 0 Å². The number of carbonyl (C=O) groups is 1. The molecule has 4 aromatic rings. The summed E-state index contributed by atoms with van der Waals surface area (Å²) in [6, 6.07) is 6.48. The van der Waals surface area contributed by atoms with Crippen LogP contribution in [-0.2, 0) is 17.6 Å². The molecule has 3 aromatic heterocycles. The molecule has 0 aliphatic carbocycles. The summed E-state index contributed by atoms with van der Waals surface area (Å²) in [5, 5.41) is 16.3. The average molecular weight is 405 g/mol. The van der Waals surface area contributed by atoms with E-state index in [4.69, 9.17) is 5.26 Å². The van der Waals surface area contributed by atoms with E-state index in [1.54, 1.807) is 10.6 Å². The van der Waals surface area contributed by atoms with Gasteiger partial charge in [0.2, 0.25) is 5.91 Å². The number of nitrogens with one attached hydrogen (secondary N) is 2. The van der Waals surface area contributed by atoms with Gasteiger partial charge in [-0.2, -0.15) is 10.4 Å². The number of hydrogen-bond donors (Lipinski definition) is 2. The SMILES string of the molecule is Cc1nc2c(C#N)cnn2c(C)c1CCC(=O)NCCc1nc2ccc(F)cc2[nH]1. The molecule has 2 N–H and O–H groups in total. The van der Waals surface area contributed by atoms with E-state index in [0.717, 1.165) is 17.0 Å². The molecule has 0 fully saturated rings. The van der Waals surface area contributed by atoms with E-state index in [1.165, 1.54) is 18.3 Å². The molecular weight excluding hydrogens is 385 g/mol. The van der Waals surface area contributed by atoms with Gasteiger partial charge in [-0.25, -0.2) is 18.9 Å². The van der Waals surface area contributed by atoms with Gasteiger partial charge in [-0.1, -0.05) is 0 Å². The number of nitrogens with zero attached hydrogens (tertiary/aromatic N) is 5. The standard InChI is InChI=1S/C21H20FN7O/c1-12-16(13(2)29-21(26-12)14(10-23)11-25-29)4-6-20(30)24-8-7-19-27-17-5-3-15(22)9-18(17)28-19/h3,5,9,11H,4,6-8H2,1-2H3,(H,24,30)(H,27,28). The maximum absolute atomic E-state index is 13.3. The lowest BCUT2D eigenvalue weighted by Gasteiger charge is -2.11. The summed E-state index contributed by atoms with van der Waals surface area (Å²) in [7, 11) is 0. The molecule has 8 nitrogen and oxygen atoms in total. The summed E-state index contributed by atoms with van der Waals surface area (Å²) in [5.41, 5.74) is 4.92. The second-order valence-electron chi connectivity index (χ2n) is 7.11. The summed E-state index contributed by atoms with van der Waals surface area (Å²) in [4.78, 5) is 24.2. The molecule has 0 bridgehead atoms. The monoisotopic (exact) mass is 405 g/mol. The van der Waals surface area contributed by atoms with E-state index in [9.17, 15) is 9.18 Å². The van der Waals surface area contributed by atoms with Crippen molar-refractivity contribution in [1.29, 1.82) is 5.26 Å². The van der Waals surface area contributed by atoms with E-state index in [2.05, 4.69) is 31.4 Å². The predicted octanol–water partition coefficient (Wildman–Crippen LogP) is 2.52. The number of amides is 1. The summed E-state index contributed by atoms with van der Waals surface area (Å²) in [6.45, 7) is 4.22. The van der Waals surface area contributed by atoms with Crippen molar-refractivity contribution in [2.45, 2.75) is 33.1 Å². The highest BCUT2D eigenvalue weighted by Gasteiger charge is 2.14. The predicted molar refractivity (Wildman–Crippen MR) is 108 cm³/mol. The van der Waals surface area contributed by atoms with Gasteiger partial charge in [-0.15, -0.1) is 0 Å². The minimum absolute atomic E-state index is 0.0748. The third kappa shape index (κ3) is 3.72. The highest BCUT2D eigenvalue weighted by molar-refractivity contribution is 5.76. The number of H-pyrrole nitrogens is 1. The van der Waals surface area contributed by atoms with Crippen LogP contribution in [0.15, 0.2) is 24.4 Å². The molecule has 1 aromatic carbocycles. The van der Waals surface area contributed by atoms with E-state index in [-0.39, 0.29) is 11.7 Å². The van der Waals surface area contributed by atoms with Crippen LogP contribution in [0.25, 0.3) is 16.7 Å². The normalized spacial score (nSPS) is 11.1. The van der Waals surface area contributed by atoms with Crippen LogP contribution >= 0.6 is 0 Å². The zero-order valence-electron chi connectivity index (χ0n) is 16.7. The Morgan fingerprint density at radius 1 is 1.30 bits per heavy atom. The zero-order valence-corrected chi connectivity index (χ0v) is 16.7. The van der Waals surface area contributed by atoms with Crippen molar-refractivity contribution >= 4 is 22.6 Å². The number of hydrogen-bond acceptors (Lipinski definition) is 5. The number of aromatic nitrogens is 5. The Labute approximate surface area is 171 Å². The van der Waals surface area contributed by atoms with Crippen LogP contribution in [0.4, 0.5) is 4.39 Å². The third-order valence-corrected chi connectivity index (χ3v) is 5.11. The number of aryl methyl sites for hydroxylation is 2. The summed E-state index contributed by atoms with van der Waals surface area (Å²) >= 11 is 0. The molecule has 0 saturated carbocycles. The Hall–Kier alpha value is -3.80. The minimum Gasteiger partial charge on any atom is -0.356 e. The topological polar surface area (TPSA) is 112 Å². The lowest BCUT2D eigenvalue weighted by Crippen LogP contribution is -2.26. The van der Waals surface area contributed by atoms with Gasteiger partial charge in [0.1, 0.15) is 23.3 Å². The Morgan fingerprint density at radius 2 is 2.13 bits per heavy atom. The molecule has 0 unspecified atom stereocenters.